The molecule has 1 aromatic carbocycles. The van der Waals surface area contributed by atoms with E-state index in [1.165, 1.54) is 0 Å². The number of nitrogens with zero attached hydrogens (tertiary/aromatic N) is 4. The first-order valence-corrected chi connectivity index (χ1v) is 10.9. The average Bonchev–Trinajstić information content (AvgIpc) is 3.27. The van der Waals surface area contributed by atoms with Crippen molar-refractivity contribution < 1.29 is 19.4 Å². The number of carbonyl (C=O) groups excluding carboxylic acids is 2. The number of fused-ring (bicyclic) bond motifs is 1. The molecule has 4 rings (SSSR count). The lowest BCUT2D eigenvalue weighted by molar-refractivity contribution is 0.0486. The number of aliphatic hydroxyl groups is 1. The molecule has 0 aliphatic carbocycles. The first-order valence-electron chi connectivity index (χ1n) is 10.9. The van der Waals surface area contributed by atoms with Crippen LogP contribution in [-0.4, -0.2) is 89.3 Å². The van der Waals surface area contributed by atoms with E-state index in [0.29, 0.717) is 50.6 Å². The SMILES string of the molecule is O=C(Nc1ccc(C(=O)N2CCN(CCOCCO)CC2)cc1)N1Cc2ccncc2C1. The minimum atomic E-state index is -0.167. The van der Waals surface area contributed by atoms with Gasteiger partial charge < -0.3 is 25.0 Å². The zero-order chi connectivity index (χ0) is 22.3. The van der Waals surface area contributed by atoms with Gasteiger partial charge in [-0.1, -0.05) is 0 Å². The number of pyridine rings is 1. The third-order valence-corrected chi connectivity index (χ3v) is 5.84. The summed E-state index contributed by atoms with van der Waals surface area (Å²) in [6.45, 7) is 5.84. The highest BCUT2D eigenvalue weighted by Crippen LogP contribution is 2.22. The van der Waals surface area contributed by atoms with Crippen LogP contribution in [0, 0.1) is 0 Å². The fraction of sp³-hybridized carbons (Fsp3) is 0.435. The number of carbonyl (C=O) groups is 2. The number of aromatic nitrogens is 1. The van der Waals surface area contributed by atoms with Crippen LogP contribution in [0.3, 0.4) is 0 Å². The Morgan fingerprint density at radius 1 is 0.969 bits per heavy atom. The molecular weight excluding hydrogens is 410 g/mol. The molecule has 0 atom stereocenters. The molecule has 0 bridgehead atoms. The fourth-order valence-electron chi connectivity index (χ4n) is 3.98. The summed E-state index contributed by atoms with van der Waals surface area (Å²) in [7, 11) is 0. The van der Waals surface area contributed by atoms with Crippen LogP contribution in [0.2, 0.25) is 0 Å². The summed E-state index contributed by atoms with van der Waals surface area (Å²) in [5, 5.41) is 11.6. The van der Waals surface area contributed by atoms with Crippen molar-refractivity contribution in [1.82, 2.24) is 19.7 Å². The largest absolute Gasteiger partial charge is 0.394 e. The average molecular weight is 440 g/mol. The van der Waals surface area contributed by atoms with Crippen LogP contribution in [0.1, 0.15) is 21.5 Å². The molecule has 2 aromatic rings. The summed E-state index contributed by atoms with van der Waals surface area (Å²) >= 11 is 0. The van der Waals surface area contributed by atoms with Gasteiger partial charge in [-0.3, -0.25) is 14.7 Å². The van der Waals surface area contributed by atoms with Gasteiger partial charge in [-0.15, -0.1) is 0 Å². The molecule has 2 aliphatic rings. The monoisotopic (exact) mass is 439 g/mol. The number of anilines is 1. The molecule has 0 unspecified atom stereocenters. The first kappa shape index (κ1) is 22.2. The number of amides is 3. The second-order valence-electron chi connectivity index (χ2n) is 7.98. The van der Waals surface area contributed by atoms with Gasteiger partial charge in [0, 0.05) is 69.5 Å². The molecule has 0 radical (unpaired) electrons. The van der Waals surface area contributed by atoms with Gasteiger partial charge in [-0.25, -0.2) is 4.79 Å². The van der Waals surface area contributed by atoms with Crippen molar-refractivity contribution in [2.75, 3.05) is 57.9 Å². The topological polar surface area (TPSA) is 98.2 Å². The molecular formula is C23H29N5O4. The van der Waals surface area contributed by atoms with Crippen molar-refractivity contribution in [3.8, 4) is 0 Å². The van der Waals surface area contributed by atoms with Crippen LogP contribution < -0.4 is 5.32 Å². The number of piperazine rings is 1. The number of hydrogen-bond donors (Lipinski definition) is 2. The Kier molecular flexibility index (Phi) is 7.31. The molecule has 3 heterocycles. The highest BCUT2D eigenvalue weighted by atomic mass is 16.5. The van der Waals surface area contributed by atoms with Gasteiger partial charge in [0.25, 0.3) is 5.91 Å². The van der Waals surface area contributed by atoms with Crippen molar-refractivity contribution in [3.05, 3.63) is 59.4 Å². The zero-order valence-corrected chi connectivity index (χ0v) is 18.1. The summed E-state index contributed by atoms with van der Waals surface area (Å²) < 4.78 is 5.31. The van der Waals surface area contributed by atoms with Gasteiger partial charge in [-0.05, 0) is 41.5 Å². The summed E-state index contributed by atoms with van der Waals surface area (Å²) in [4.78, 5) is 35.4. The number of rotatable bonds is 7. The third-order valence-electron chi connectivity index (χ3n) is 5.84. The molecule has 1 saturated heterocycles. The molecule has 32 heavy (non-hydrogen) atoms. The second kappa shape index (κ2) is 10.5. The van der Waals surface area contributed by atoms with Crippen LogP contribution >= 0.6 is 0 Å². The smallest absolute Gasteiger partial charge is 0.322 e. The molecule has 3 amide bonds. The molecule has 9 heteroatoms. The van der Waals surface area contributed by atoms with Gasteiger partial charge in [0.05, 0.1) is 19.8 Å². The molecule has 0 saturated carbocycles. The van der Waals surface area contributed by atoms with E-state index in [1.807, 2.05) is 11.0 Å². The van der Waals surface area contributed by atoms with E-state index in [4.69, 9.17) is 9.84 Å². The minimum absolute atomic E-state index is 0.00143. The minimum Gasteiger partial charge on any atom is -0.394 e. The summed E-state index contributed by atoms with van der Waals surface area (Å²) in [5.41, 5.74) is 3.46. The van der Waals surface area contributed by atoms with Gasteiger partial charge in [0.2, 0.25) is 0 Å². The highest BCUT2D eigenvalue weighted by molar-refractivity contribution is 5.95. The lowest BCUT2D eigenvalue weighted by Crippen LogP contribution is -2.49. The van der Waals surface area contributed by atoms with E-state index in [0.717, 1.165) is 30.8 Å². The Morgan fingerprint density at radius 3 is 2.44 bits per heavy atom. The Morgan fingerprint density at radius 2 is 1.72 bits per heavy atom. The number of aliphatic hydroxyl groups excluding tert-OH is 1. The first-order chi connectivity index (χ1) is 15.6. The normalized spacial score (nSPS) is 16.2. The van der Waals surface area contributed by atoms with Crippen molar-refractivity contribution in [3.63, 3.8) is 0 Å². The van der Waals surface area contributed by atoms with Gasteiger partial charge >= 0.3 is 6.03 Å². The number of benzene rings is 1. The molecule has 2 N–H and O–H groups in total. The summed E-state index contributed by atoms with van der Waals surface area (Å²) in [6.07, 6.45) is 3.54. The quantitative estimate of drug-likeness (QED) is 0.633. The van der Waals surface area contributed by atoms with Crippen LogP contribution in [0.4, 0.5) is 10.5 Å². The Hall–Kier alpha value is -3.01. The Balaban J connectivity index is 1.24. The van der Waals surface area contributed by atoms with E-state index in [2.05, 4.69) is 15.2 Å². The van der Waals surface area contributed by atoms with Crippen LogP contribution in [0.15, 0.2) is 42.7 Å². The van der Waals surface area contributed by atoms with Gasteiger partial charge in [0.1, 0.15) is 0 Å². The van der Waals surface area contributed by atoms with Gasteiger partial charge in [-0.2, -0.15) is 0 Å². The molecule has 9 nitrogen and oxygen atoms in total. The lowest BCUT2D eigenvalue weighted by Gasteiger charge is -2.34. The summed E-state index contributed by atoms with van der Waals surface area (Å²) in [5.74, 6) is 0.00143. The maximum atomic E-state index is 12.8. The number of hydrogen-bond acceptors (Lipinski definition) is 6. The maximum absolute atomic E-state index is 12.8. The molecule has 2 aliphatic heterocycles. The fourth-order valence-corrected chi connectivity index (χ4v) is 3.98. The lowest BCUT2D eigenvalue weighted by atomic mass is 10.1. The molecule has 0 spiro atoms. The predicted octanol–water partition coefficient (Wildman–Crippen LogP) is 1.40. The standard InChI is InChI=1S/C23H29N5O4/c29-12-14-32-13-11-26-7-9-27(10-8-26)22(30)18-1-3-21(4-2-18)25-23(31)28-16-19-5-6-24-15-20(19)17-28/h1-6,15,29H,7-14,16-17H2,(H,25,31). The third kappa shape index (κ3) is 5.42. The van der Waals surface area contributed by atoms with E-state index in [1.54, 1.807) is 41.6 Å². The van der Waals surface area contributed by atoms with Crippen LogP contribution in [-0.2, 0) is 17.8 Å². The van der Waals surface area contributed by atoms with Crippen molar-refractivity contribution in [2.45, 2.75) is 13.1 Å². The molecule has 1 aromatic heterocycles. The molecule has 170 valence electrons. The van der Waals surface area contributed by atoms with E-state index in [9.17, 15) is 9.59 Å². The molecule has 1 fully saturated rings. The van der Waals surface area contributed by atoms with E-state index >= 15 is 0 Å². The number of ether oxygens (including phenoxy) is 1. The highest BCUT2D eigenvalue weighted by Gasteiger charge is 2.24. The summed E-state index contributed by atoms with van der Waals surface area (Å²) in [6, 6.07) is 8.83. The van der Waals surface area contributed by atoms with E-state index < -0.39 is 0 Å². The maximum Gasteiger partial charge on any atom is 0.322 e. The second-order valence-corrected chi connectivity index (χ2v) is 7.98. The Labute approximate surface area is 187 Å². The van der Waals surface area contributed by atoms with E-state index in [-0.39, 0.29) is 18.5 Å². The Bertz CT molecular complexity index is 903. The number of urea groups is 1. The predicted molar refractivity (Wildman–Crippen MR) is 119 cm³/mol. The zero-order valence-electron chi connectivity index (χ0n) is 18.1. The van der Waals surface area contributed by atoms with Crippen molar-refractivity contribution in [1.29, 1.82) is 0 Å². The van der Waals surface area contributed by atoms with Crippen molar-refractivity contribution >= 4 is 17.6 Å². The number of nitrogens with one attached hydrogen (secondary N) is 1. The van der Waals surface area contributed by atoms with Gasteiger partial charge in [0.15, 0.2) is 0 Å². The van der Waals surface area contributed by atoms with Crippen LogP contribution in [0.5, 0.6) is 0 Å². The van der Waals surface area contributed by atoms with Crippen LogP contribution in [0.25, 0.3) is 0 Å². The van der Waals surface area contributed by atoms with Crippen molar-refractivity contribution in [2.24, 2.45) is 0 Å².